The highest BCUT2D eigenvalue weighted by atomic mass is 32.1. The van der Waals surface area contributed by atoms with Crippen LogP contribution < -0.4 is 5.32 Å². The molecule has 1 N–H and O–H groups in total. The van der Waals surface area contributed by atoms with Crippen molar-refractivity contribution in [2.24, 2.45) is 0 Å². The highest BCUT2D eigenvalue weighted by Gasteiger charge is 2.06. The second-order valence-electron chi connectivity index (χ2n) is 2.62. The summed E-state index contributed by atoms with van der Waals surface area (Å²) >= 11 is 4.05. The molecule has 1 heterocycles. The van der Waals surface area contributed by atoms with Crippen molar-refractivity contribution < 1.29 is 9.59 Å². The van der Waals surface area contributed by atoms with Crippen LogP contribution in [0.4, 0.5) is 0 Å². The Morgan fingerprint density at radius 3 is 1.92 bits per heavy atom. The van der Waals surface area contributed by atoms with Gasteiger partial charge in [-0.3, -0.25) is 14.9 Å². The molecule has 1 aliphatic rings. The molecule has 0 saturated heterocycles. The molecule has 0 aliphatic carbocycles. The smallest absolute Gasteiger partial charge is 0.250 e. The van der Waals surface area contributed by atoms with Crippen molar-refractivity contribution in [3.8, 4) is 0 Å². The summed E-state index contributed by atoms with van der Waals surface area (Å²) in [7, 11) is 0. The molecule has 13 heavy (non-hydrogen) atoms. The molecule has 1 aliphatic heterocycles. The fourth-order valence-electron chi connectivity index (χ4n) is 0.718. The van der Waals surface area contributed by atoms with Gasteiger partial charge in [-0.2, -0.15) is 12.6 Å². The molecular formula is C9H15NO2S. The van der Waals surface area contributed by atoms with Crippen molar-refractivity contribution in [3.63, 3.8) is 0 Å². The molecule has 3 nitrogen and oxygen atoms in total. The topological polar surface area (TPSA) is 46.2 Å². The summed E-state index contributed by atoms with van der Waals surface area (Å²) in [6, 6.07) is 0. The van der Waals surface area contributed by atoms with E-state index in [9.17, 15) is 9.59 Å². The number of hydrogen-bond acceptors (Lipinski definition) is 3. The van der Waals surface area contributed by atoms with Crippen LogP contribution in [0.2, 0.25) is 0 Å². The van der Waals surface area contributed by atoms with Gasteiger partial charge >= 0.3 is 0 Å². The van der Waals surface area contributed by atoms with Gasteiger partial charge in [0.15, 0.2) is 0 Å². The van der Waals surface area contributed by atoms with Crippen molar-refractivity contribution in [2.45, 2.75) is 26.2 Å². The fourth-order valence-corrected chi connectivity index (χ4v) is 0.942. The van der Waals surface area contributed by atoms with Gasteiger partial charge in [0.1, 0.15) is 0 Å². The Bertz CT molecular complexity index is 182. The SMILES string of the molecule is CCCCCS.O=C1C=CC(=O)N1. The van der Waals surface area contributed by atoms with E-state index < -0.39 is 0 Å². The van der Waals surface area contributed by atoms with Gasteiger partial charge < -0.3 is 0 Å². The lowest BCUT2D eigenvalue weighted by molar-refractivity contribution is -0.123. The first-order valence-corrected chi connectivity index (χ1v) is 4.97. The van der Waals surface area contributed by atoms with Crippen molar-refractivity contribution in [1.82, 2.24) is 5.32 Å². The third kappa shape index (κ3) is 7.59. The Labute approximate surface area is 84.0 Å². The molecule has 0 atom stereocenters. The van der Waals surface area contributed by atoms with Crippen LogP contribution in [-0.4, -0.2) is 17.6 Å². The number of carbonyl (C=O) groups is 2. The number of amides is 2. The molecule has 74 valence electrons. The van der Waals surface area contributed by atoms with Gasteiger partial charge in [0.05, 0.1) is 0 Å². The van der Waals surface area contributed by atoms with Crippen LogP contribution in [0.25, 0.3) is 0 Å². The molecular weight excluding hydrogens is 186 g/mol. The number of nitrogens with one attached hydrogen (secondary N) is 1. The second kappa shape index (κ2) is 7.86. The number of carbonyl (C=O) groups excluding carboxylic acids is 2. The number of thiol groups is 1. The zero-order valence-corrected chi connectivity index (χ0v) is 8.64. The van der Waals surface area contributed by atoms with E-state index in [4.69, 9.17) is 0 Å². The van der Waals surface area contributed by atoms with E-state index in [2.05, 4.69) is 19.6 Å². The van der Waals surface area contributed by atoms with Crippen molar-refractivity contribution in [2.75, 3.05) is 5.75 Å². The molecule has 0 aromatic heterocycles. The van der Waals surface area contributed by atoms with Crippen molar-refractivity contribution >= 4 is 24.4 Å². The van der Waals surface area contributed by atoms with E-state index >= 15 is 0 Å². The lowest BCUT2D eigenvalue weighted by atomic mass is 10.3. The molecule has 4 heteroatoms. The maximum atomic E-state index is 10.0. The van der Waals surface area contributed by atoms with Gasteiger partial charge in [-0.15, -0.1) is 0 Å². The molecule has 0 saturated carbocycles. The van der Waals surface area contributed by atoms with Gasteiger partial charge in [-0.05, 0) is 12.2 Å². The largest absolute Gasteiger partial charge is 0.289 e. The maximum Gasteiger partial charge on any atom is 0.250 e. The predicted molar refractivity (Wildman–Crippen MR) is 55.7 cm³/mol. The van der Waals surface area contributed by atoms with Crippen LogP contribution >= 0.6 is 12.6 Å². The first kappa shape index (κ1) is 12.2. The molecule has 0 aromatic carbocycles. The molecule has 1 rings (SSSR count). The van der Waals surface area contributed by atoms with Crippen LogP contribution in [0.3, 0.4) is 0 Å². The van der Waals surface area contributed by atoms with Gasteiger partial charge in [0.2, 0.25) is 0 Å². The van der Waals surface area contributed by atoms with Crippen LogP contribution in [0, 0.1) is 0 Å². The summed E-state index contributed by atoms with van der Waals surface area (Å²) in [5, 5.41) is 2.03. The zero-order valence-electron chi connectivity index (χ0n) is 7.75. The van der Waals surface area contributed by atoms with E-state index in [1.165, 1.54) is 31.4 Å². The second-order valence-corrected chi connectivity index (χ2v) is 3.06. The molecule has 0 fully saturated rings. The minimum atomic E-state index is -0.329. The van der Waals surface area contributed by atoms with E-state index in [1.807, 2.05) is 5.32 Å². The van der Waals surface area contributed by atoms with Gasteiger partial charge in [-0.25, -0.2) is 0 Å². The summed E-state index contributed by atoms with van der Waals surface area (Å²) in [4.78, 5) is 20.1. The number of rotatable bonds is 3. The van der Waals surface area contributed by atoms with E-state index in [1.54, 1.807) is 0 Å². The monoisotopic (exact) mass is 201 g/mol. The molecule has 0 bridgehead atoms. The summed E-state index contributed by atoms with van der Waals surface area (Å²) in [5.41, 5.74) is 0. The Balaban J connectivity index is 0.000000226. The minimum Gasteiger partial charge on any atom is -0.289 e. The standard InChI is InChI=1S/C5H12S.C4H3NO2/c1-2-3-4-5-6;6-3-1-2-4(7)5-3/h6H,2-5H2,1H3;1-2H,(H,5,6,7). The average Bonchev–Trinajstić information content (AvgIpc) is 2.47. The molecule has 0 radical (unpaired) electrons. The van der Waals surface area contributed by atoms with Crippen LogP contribution in [-0.2, 0) is 9.59 Å². The molecule has 0 spiro atoms. The first-order valence-electron chi connectivity index (χ1n) is 4.34. The Kier molecular flexibility index (Phi) is 7.39. The number of hydrogen-bond donors (Lipinski definition) is 2. The summed E-state index contributed by atoms with van der Waals surface area (Å²) in [6.07, 6.45) is 6.31. The van der Waals surface area contributed by atoms with E-state index in [0.717, 1.165) is 5.75 Å². The van der Waals surface area contributed by atoms with Crippen LogP contribution in [0.5, 0.6) is 0 Å². The average molecular weight is 201 g/mol. The quantitative estimate of drug-likeness (QED) is 0.411. The molecule has 0 unspecified atom stereocenters. The Morgan fingerprint density at radius 1 is 1.23 bits per heavy atom. The Morgan fingerprint density at radius 2 is 1.77 bits per heavy atom. The van der Waals surface area contributed by atoms with E-state index in [0.29, 0.717) is 0 Å². The van der Waals surface area contributed by atoms with Gasteiger partial charge in [-0.1, -0.05) is 19.8 Å². The normalized spacial score (nSPS) is 13.7. The van der Waals surface area contributed by atoms with Gasteiger partial charge in [0, 0.05) is 12.2 Å². The summed E-state index contributed by atoms with van der Waals surface area (Å²) in [6.45, 7) is 2.20. The first-order chi connectivity index (χ1) is 6.20. The van der Waals surface area contributed by atoms with Crippen LogP contribution in [0.1, 0.15) is 26.2 Å². The maximum absolute atomic E-state index is 10.0. The number of imide groups is 1. The predicted octanol–water partition coefficient (Wildman–Crippen LogP) is 1.31. The third-order valence-electron chi connectivity index (χ3n) is 1.39. The van der Waals surface area contributed by atoms with E-state index in [-0.39, 0.29) is 11.8 Å². The number of unbranched alkanes of at least 4 members (excludes halogenated alkanes) is 2. The van der Waals surface area contributed by atoms with Crippen LogP contribution in [0.15, 0.2) is 12.2 Å². The lowest BCUT2D eigenvalue weighted by Gasteiger charge is -1.85. The zero-order chi connectivity index (χ0) is 10.1. The molecule has 2 amide bonds. The van der Waals surface area contributed by atoms with Crippen molar-refractivity contribution in [1.29, 1.82) is 0 Å². The Hall–Kier alpha value is -0.770. The van der Waals surface area contributed by atoms with Crippen molar-refractivity contribution in [3.05, 3.63) is 12.2 Å². The summed E-state index contributed by atoms with van der Waals surface area (Å²) in [5.74, 6) is 0.392. The fraction of sp³-hybridized carbons (Fsp3) is 0.556. The van der Waals surface area contributed by atoms with Gasteiger partial charge in [0.25, 0.3) is 11.8 Å². The minimum absolute atomic E-state index is 0.329. The lowest BCUT2D eigenvalue weighted by Crippen LogP contribution is -2.19. The molecule has 0 aromatic rings. The summed E-state index contributed by atoms with van der Waals surface area (Å²) < 4.78 is 0. The third-order valence-corrected chi connectivity index (χ3v) is 1.71. The highest BCUT2D eigenvalue weighted by Crippen LogP contribution is 1.93. The highest BCUT2D eigenvalue weighted by molar-refractivity contribution is 7.80.